The largest absolute Gasteiger partial charge is 0.457 e. The van der Waals surface area contributed by atoms with E-state index in [2.05, 4.69) is 0 Å². The van der Waals surface area contributed by atoms with Crippen molar-refractivity contribution >= 4 is 22.6 Å². The van der Waals surface area contributed by atoms with Crippen molar-refractivity contribution < 1.29 is 44.6 Å². The van der Waals surface area contributed by atoms with E-state index in [0.29, 0.717) is 6.42 Å². The summed E-state index contributed by atoms with van der Waals surface area (Å²) in [7, 11) is 0. The predicted molar refractivity (Wildman–Crippen MR) is 68.6 cm³/mol. The van der Waals surface area contributed by atoms with Crippen LogP contribution in [0.15, 0.2) is 9.66 Å². The summed E-state index contributed by atoms with van der Waals surface area (Å²) in [5.74, 6) is -6.61. The zero-order valence-electron chi connectivity index (χ0n) is 10.8. The topological polar surface area (TPSA) is 20.2 Å². The molecule has 0 rings (SSSR count). The van der Waals surface area contributed by atoms with Gasteiger partial charge in [-0.1, -0.05) is 6.42 Å². The molecule has 0 aliphatic heterocycles. The molecule has 0 saturated heterocycles. The maximum Gasteiger partial charge on any atom is 0.457 e. The maximum absolute atomic E-state index is 13.7. The lowest BCUT2D eigenvalue weighted by molar-refractivity contribution is -0.369. The van der Waals surface area contributed by atoms with E-state index in [4.69, 9.17) is 5.11 Å². The lowest BCUT2D eigenvalue weighted by Gasteiger charge is -2.34. The van der Waals surface area contributed by atoms with E-state index in [1.807, 2.05) is 0 Å². The highest BCUT2D eigenvalue weighted by molar-refractivity contribution is 14.1. The van der Waals surface area contributed by atoms with Crippen LogP contribution in [0.4, 0.5) is 39.5 Å². The number of hydrogen-bond acceptors (Lipinski definition) is 1. The van der Waals surface area contributed by atoms with E-state index >= 15 is 0 Å². The standard InChI is InChI=1S/C11H12F9IO/c12-8(10(15,16)17,9(13,14)11(18,19)20)6-7(21)4-2-1-3-5-22/h6,22H,1-5H2. The third kappa shape index (κ3) is 4.90. The molecular weight excluding hydrogens is 446 g/mol. The van der Waals surface area contributed by atoms with Crippen LogP contribution < -0.4 is 0 Å². The van der Waals surface area contributed by atoms with Gasteiger partial charge < -0.3 is 5.11 Å². The molecule has 0 saturated carbocycles. The zero-order valence-corrected chi connectivity index (χ0v) is 13.0. The summed E-state index contributed by atoms with van der Waals surface area (Å²) in [4.78, 5) is 0. The van der Waals surface area contributed by atoms with Gasteiger partial charge in [0.2, 0.25) is 0 Å². The van der Waals surface area contributed by atoms with Crippen LogP contribution in [0.2, 0.25) is 0 Å². The van der Waals surface area contributed by atoms with Crippen LogP contribution in [-0.4, -0.2) is 35.7 Å². The normalized spacial score (nSPS) is 17.5. The van der Waals surface area contributed by atoms with Crippen LogP contribution in [0.1, 0.15) is 25.7 Å². The highest BCUT2D eigenvalue weighted by Gasteiger charge is 2.80. The minimum absolute atomic E-state index is 0.112. The Labute approximate surface area is 133 Å². The Kier molecular flexibility index (Phi) is 7.51. The highest BCUT2D eigenvalue weighted by atomic mass is 127. The van der Waals surface area contributed by atoms with Crippen LogP contribution in [0, 0.1) is 0 Å². The maximum atomic E-state index is 13.7. The lowest BCUT2D eigenvalue weighted by atomic mass is 9.95. The molecule has 132 valence electrons. The molecule has 0 spiro atoms. The van der Waals surface area contributed by atoms with Crippen LogP contribution >= 0.6 is 22.6 Å². The summed E-state index contributed by atoms with van der Waals surface area (Å²) in [6, 6.07) is 0. The van der Waals surface area contributed by atoms with Crippen LogP contribution in [0.5, 0.6) is 0 Å². The van der Waals surface area contributed by atoms with Gasteiger partial charge in [0, 0.05) is 6.61 Å². The van der Waals surface area contributed by atoms with Gasteiger partial charge in [-0.3, -0.25) is 0 Å². The fraction of sp³-hybridized carbons (Fsp3) is 0.818. The number of alkyl halides is 9. The van der Waals surface area contributed by atoms with Gasteiger partial charge in [-0.25, -0.2) is 4.39 Å². The van der Waals surface area contributed by atoms with Crippen molar-refractivity contribution in [3.63, 3.8) is 0 Å². The second-order valence-electron chi connectivity index (χ2n) is 4.41. The van der Waals surface area contributed by atoms with Crippen LogP contribution in [0.25, 0.3) is 0 Å². The monoisotopic (exact) mass is 458 g/mol. The first kappa shape index (κ1) is 21.8. The van der Waals surface area contributed by atoms with Crippen molar-refractivity contribution in [3.05, 3.63) is 9.66 Å². The molecule has 11 heteroatoms. The molecule has 0 radical (unpaired) electrons. The molecule has 0 aromatic heterocycles. The first-order valence-electron chi connectivity index (χ1n) is 5.89. The molecule has 1 unspecified atom stereocenters. The Balaban J connectivity index is 5.48. The number of hydrogen-bond donors (Lipinski definition) is 1. The molecule has 0 aromatic rings. The van der Waals surface area contributed by atoms with E-state index in [1.165, 1.54) is 0 Å². The molecular formula is C11H12F9IO. The summed E-state index contributed by atoms with van der Waals surface area (Å²) in [6.45, 7) is -0.206. The third-order valence-corrected chi connectivity index (χ3v) is 3.51. The van der Waals surface area contributed by atoms with E-state index < -0.39 is 33.6 Å². The van der Waals surface area contributed by atoms with Gasteiger partial charge in [0.1, 0.15) is 0 Å². The van der Waals surface area contributed by atoms with Gasteiger partial charge in [-0.15, -0.1) is 0 Å². The minimum atomic E-state index is -6.69. The number of allylic oxidation sites excluding steroid dienone is 2. The molecule has 1 N–H and O–H groups in total. The number of aliphatic hydroxyl groups is 1. The average Bonchev–Trinajstić information content (AvgIpc) is 2.31. The third-order valence-electron chi connectivity index (χ3n) is 2.65. The van der Waals surface area contributed by atoms with Crippen molar-refractivity contribution in [2.45, 2.75) is 49.6 Å². The number of halogens is 10. The van der Waals surface area contributed by atoms with E-state index in [1.54, 1.807) is 0 Å². The number of aliphatic hydroxyl groups excluding tert-OH is 1. The smallest absolute Gasteiger partial charge is 0.396 e. The fourth-order valence-electron chi connectivity index (χ4n) is 1.43. The van der Waals surface area contributed by atoms with Crippen molar-refractivity contribution in [1.29, 1.82) is 0 Å². The Morgan fingerprint density at radius 2 is 1.32 bits per heavy atom. The summed E-state index contributed by atoms with van der Waals surface area (Å²) in [5, 5.41) is 8.47. The molecule has 0 heterocycles. The SMILES string of the molecule is OCCCCCC(I)=CC(F)(C(F)(F)F)C(F)(F)C(F)(F)F. The van der Waals surface area contributed by atoms with Gasteiger partial charge in [0.05, 0.1) is 0 Å². The van der Waals surface area contributed by atoms with E-state index in [-0.39, 0.29) is 25.9 Å². The fourth-order valence-corrected chi connectivity index (χ4v) is 2.24. The first-order chi connectivity index (χ1) is 9.70. The summed E-state index contributed by atoms with van der Waals surface area (Å²) in [5.41, 5.74) is -5.84. The second-order valence-corrected chi connectivity index (χ2v) is 5.79. The summed E-state index contributed by atoms with van der Waals surface area (Å²) >= 11 is 1.08. The molecule has 0 aliphatic carbocycles. The Hall–Kier alpha value is -0.200. The minimum Gasteiger partial charge on any atom is -0.396 e. The highest BCUT2D eigenvalue weighted by Crippen LogP contribution is 2.54. The lowest BCUT2D eigenvalue weighted by Crippen LogP contribution is -2.61. The Morgan fingerprint density at radius 1 is 0.818 bits per heavy atom. The Morgan fingerprint density at radius 3 is 1.68 bits per heavy atom. The van der Waals surface area contributed by atoms with Gasteiger partial charge in [0.25, 0.3) is 5.67 Å². The number of unbranched alkanes of at least 4 members (excludes halogenated alkanes) is 2. The van der Waals surface area contributed by atoms with E-state index in [0.717, 1.165) is 22.6 Å². The van der Waals surface area contributed by atoms with Gasteiger partial charge in [-0.2, -0.15) is 35.1 Å². The summed E-state index contributed by atoms with van der Waals surface area (Å²) < 4.78 is 113. The second kappa shape index (κ2) is 7.58. The predicted octanol–water partition coefficient (Wildman–Crippen LogP) is 5.33. The molecule has 0 aromatic carbocycles. The molecule has 1 nitrogen and oxygen atoms in total. The quantitative estimate of drug-likeness (QED) is 0.311. The molecule has 22 heavy (non-hydrogen) atoms. The molecule has 0 bridgehead atoms. The molecule has 0 aliphatic rings. The number of rotatable bonds is 7. The summed E-state index contributed by atoms with van der Waals surface area (Å²) in [6.07, 6.45) is -13.5. The van der Waals surface area contributed by atoms with Crippen LogP contribution in [0.3, 0.4) is 0 Å². The van der Waals surface area contributed by atoms with Crippen molar-refractivity contribution in [2.24, 2.45) is 0 Å². The van der Waals surface area contributed by atoms with Gasteiger partial charge >= 0.3 is 18.3 Å². The molecule has 0 amide bonds. The average molecular weight is 458 g/mol. The Bertz CT molecular complexity index is 388. The first-order valence-corrected chi connectivity index (χ1v) is 6.97. The zero-order chi connectivity index (χ0) is 17.8. The van der Waals surface area contributed by atoms with Crippen molar-refractivity contribution in [1.82, 2.24) is 0 Å². The van der Waals surface area contributed by atoms with Gasteiger partial charge in [-0.05, 0) is 51.5 Å². The van der Waals surface area contributed by atoms with Crippen molar-refractivity contribution in [3.8, 4) is 0 Å². The van der Waals surface area contributed by atoms with Gasteiger partial charge in [0.15, 0.2) is 0 Å². The molecule has 1 atom stereocenters. The van der Waals surface area contributed by atoms with E-state index in [9.17, 15) is 39.5 Å². The molecule has 0 fully saturated rings. The van der Waals surface area contributed by atoms with Crippen molar-refractivity contribution in [2.75, 3.05) is 6.61 Å². The van der Waals surface area contributed by atoms with Crippen LogP contribution in [-0.2, 0) is 0 Å².